The molecule has 2 aromatic carbocycles. The van der Waals surface area contributed by atoms with Crippen molar-refractivity contribution in [1.29, 1.82) is 0 Å². The summed E-state index contributed by atoms with van der Waals surface area (Å²) in [4.78, 5) is 32.5. The summed E-state index contributed by atoms with van der Waals surface area (Å²) in [7, 11) is 1.21. The predicted molar refractivity (Wildman–Crippen MR) is 177 cm³/mol. The van der Waals surface area contributed by atoms with Gasteiger partial charge in [-0.25, -0.2) is 9.78 Å². The number of carbonyl (C=O) groups is 2. The number of carbonyl (C=O) groups excluding carboxylic acids is 2. The third kappa shape index (κ3) is 8.80. The first-order valence-corrected chi connectivity index (χ1v) is 21.8. The number of aromatic nitrogens is 2. The summed E-state index contributed by atoms with van der Waals surface area (Å²) in [5, 5.41) is 0. The highest BCUT2D eigenvalue weighted by Gasteiger charge is 2.31. The van der Waals surface area contributed by atoms with E-state index < -0.39 is 22.4 Å². The lowest BCUT2D eigenvalue weighted by Gasteiger charge is -2.28. The van der Waals surface area contributed by atoms with Crippen molar-refractivity contribution in [3.05, 3.63) is 70.8 Å². The molecule has 234 valence electrons. The summed E-state index contributed by atoms with van der Waals surface area (Å²) in [5.74, 6) is 0.903. The minimum Gasteiger partial charge on any atom is -0.497 e. The number of esters is 1. The van der Waals surface area contributed by atoms with Crippen LogP contribution < -0.4 is 14.1 Å². The molecular formula is C32H48N4O5Si2. The summed E-state index contributed by atoms with van der Waals surface area (Å²) in [5.41, 5.74) is 3.95. The second kappa shape index (κ2) is 13.9. The molecule has 3 aromatic rings. The molecule has 43 heavy (non-hydrogen) atoms. The number of hydrogen-bond donors (Lipinski definition) is 1. The Balaban J connectivity index is 0.000000489. The van der Waals surface area contributed by atoms with E-state index in [1.54, 1.807) is 38.4 Å². The summed E-state index contributed by atoms with van der Waals surface area (Å²) in [6, 6.07) is 11.4. The maximum atomic E-state index is 13.8. The molecule has 11 heteroatoms. The van der Waals surface area contributed by atoms with E-state index in [2.05, 4.69) is 62.8 Å². The molecule has 0 unspecified atom stereocenters. The van der Waals surface area contributed by atoms with E-state index >= 15 is 0 Å². The quantitative estimate of drug-likeness (QED) is 0.212. The summed E-state index contributed by atoms with van der Waals surface area (Å²) in [6.45, 7) is 20.8. The number of fused-ring (bicyclic) bond motifs is 3. The van der Waals surface area contributed by atoms with Crippen molar-refractivity contribution in [1.82, 2.24) is 19.1 Å². The van der Waals surface area contributed by atoms with Gasteiger partial charge in [0.2, 0.25) is 0 Å². The molecule has 1 aromatic heterocycles. The summed E-state index contributed by atoms with van der Waals surface area (Å²) < 4.78 is 21.6. The number of methoxy groups -OCH3 is 2. The van der Waals surface area contributed by atoms with E-state index in [9.17, 15) is 9.59 Å². The minimum absolute atomic E-state index is 0.131. The Morgan fingerprint density at radius 2 is 1.67 bits per heavy atom. The second-order valence-corrected chi connectivity index (χ2v) is 23.0. The van der Waals surface area contributed by atoms with Gasteiger partial charge in [0.1, 0.15) is 34.3 Å². The van der Waals surface area contributed by atoms with E-state index in [-0.39, 0.29) is 37.2 Å². The molecule has 0 spiro atoms. The van der Waals surface area contributed by atoms with Crippen molar-refractivity contribution in [3.8, 4) is 17.2 Å². The average Bonchev–Trinajstić information content (AvgIpc) is 3.29. The monoisotopic (exact) mass is 624 g/mol. The van der Waals surface area contributed by atoms with Crippen LogP contribution in [0.4, 0.5) is 0 Å². The number of imidazole rings is 1. The highest BCUT2D eigenvalue weighted by Crippen LogP contribution is 2.32. The van der Waals surface area contributed by atoms with Gasteiger partial charge in [-0.3, -0.25) is 9.36 Å². The van der Waals surface area contributed by atoms with Crippen molar-refractivity contribution in [3.63, 3.8) is 0 Å². The van der Waals surface area contributed by atoms with Gasteiger partial charge < -0.3 is 23.8 Å². The zero-order chi connectivity index (χ0) is 32.1. The molecule has 1 N–H and O–H groups in total. The Labute approximate surface area is 258 Å². The number of hydrogen-bond acceptors (Lipinski definition) is 7. The molecule has 4 rings (SSSR count). The first-order chi connectivity index (χ1) is 20.1. The van der Waals surface area contributed by atoms with Gasteiger partial charge in [-0.05, 0) is 42.7 Å². The fourth-order valence-electron chi connectivity index (χ4n) is 5.26. The van der Waals surface area contributed by atoms with Crippen LogP contribution in [0, 0.1) is 0 Å². The van der Waals surface area contributed by atoms with Crippen molar-refractivity contribution in [2.45, 2.75) is 79.1 Å². The van der Waals surface area contributed by atoms with Crippen molar-refractivity contribution >= 4 is 28.3 Å². The Hall–Kier alpha value is -3.42. The van der Waals surface area contributed by atoms with E-state index in [0.29, 0.717) is 28.4 Å². The molecule has 0 saturated carbocycles. The fraction of sp³-hybridized carbons (Fsp3) is 0.469. The Morgan fingerprint density at radius 1 is 1.00 bits per heavy atom. The van der Waals surface area contributed by atoms with Crippen LogP contribution in [0.3, 0.4) is 0 Å². The van der Waals surface area contributed by atoms with Gasteiger partial charge in [-0.15, -0.1) is 0 Å². The zero-order valence-electron chi connectivity index (χ0n) is 27.6. The third-order valence-electron chi connectivity index (χ3n) is 6.75. The third-order valence-corrected chi connectivity index (χ3v) is 12.7. The van der Waals surface area contributed by atoms with Crippen molar-refractivity contribution in [2.24, 2.45) is 0 Å². The maximum Gasteiger partial charge on any atom is 0.358 e. The largest absolute Gasteiger partial charge is 0.497 e. The Morgan fingerprint density at radius 3 is 2.21 bits per heavy atom. The molecule has 0 radical (unpaired) electrons. The molecule has 0 atom stereocenters. The van der Waals surface area contributed by atoms with E-state index in [1.165, 1.54) is 0 Å². The number of nitrogens with one attached hydrogen (secondary N) is 1. The molecule has 0 fully saturated rings. The molecule has 0 saturated heterocycles. The standard InChI is InChI=1S/C26H29N3O5.C6H19NSi2/c1-6-34-26(31)24-22-14-28(13-18-7-9-19(32-4)12-23(18)33-5)25(30)20-11-17(16(2)3)8-10-21(20)29(22)15-27-24;1-8(2,3)7-9(4,5)6/h7-12,15-16H,6,13-14H2,1-5H3;7H,1-6H3. The van der Waals surface area contributed by atoms with Crippen LogP contribution in [-0.4, -0.2) is 63.6 Å². The predicted octanol–water partition coefficient (Wildman–Crippen LogP) is 6.59. The van der Waals surface area contributed by atoms with Gasteiger partial charge in [0, 0.05) is 11.6 Å². The highest BCUT2D eigenvalue weighted by molar-refractivity contribution is 6.90. The van der Waals surface area contributed by atoms with Crippen LogP contribution in [0.15, 0.2) is 42.7 Å². The summed E-state index contributed by atoms with van der Waals surface area (Å²) >= 11 is 0. The van der Waals surface area contributed by atoms with Gasteiger partial charge in [-0.1, -0.05) is 59.2 Å². The van der Waals surface area contributed by atoms with Gasteiger partial charge in [0.15, 0.2) is 5.69 Å². The molecule has 1 amide bonds. The molecule has 2 heterocycles. The number of rotatable bonds is 9. The fourth-order valence-corrected chi connectivity index (χ4v) is 14.3. The van der Waals surface area contributed by atoms with Gasteiger partial charge in [-0.2, -0.15) is 0 Å². The summed E-state index contributed by atoms with van der Waals surface area (Å²) in [6.07, 6.45) is 1.58. The minimum atomic E-state index is -0.981. The second-order valence-electron chi connectivity index (χ2n) is 13.0. The van der Waals surface area contributed by atoms with Crippen LogP contribution in [0.5, 0.6) is 11.5 Å². The molecule has 0 bridgehead atoms. The Bertz CT molecular complexity index is 1430. The van der Waals surface area contributed by atoms with Gasteiger partial charge in [0.05, 0.1) is 50.9 Å². The van der Waals surface area contributed by atoms with Gasteiger partial charge >= 0.3 is 5.97 Å². The van der Waals surface area contributed by atoms with Crippen molar-refractivity contribution < 1.29 is 23.8 Å². The first-order valence-electron chi connectivity index (χ1n) is 14.8. The number of ether oxygens (including phenoxy) is 3. The smallest absolute Gasteiger partial charge is 0.358 e. The van der Waals surface area contributed by atoms with E-state index in [4.69, 9.17) is 14.2 Å². The van der Waals surface area contributed by atoms with E-state index in [0.717, 1.165) is 11.1 Å². The van der Waals surface area contributed by atoms with Crippen LogP contribution in [0.1, 0.15) is 64.4 Å². The van der Waals surface area contributed by atoms with Gasteiger partial charge in [0.25, 0.3) is 5.91 Å². The molecule has 0 aliphatic carbocycles. The van der Waals surface area contributed by atoms with Crippen molar-refractivity contribution in [2.75, 3.05) is 20.8 Å². The molecular weight excluding hydrogens is 577 g/mol. The number of benzene rings is 2. The van der Waals surface area contributed by atoms with Crippen LogP contribution in [0.25, 0.3) is 5.69 Å². The maximum absolute atomic E-state index is 13.8. The average molecular weight is 625 g/mol. The first kappa shape index (κ1) is 34.1. The van der Waals surface area contributed by atoms with E-state index in [1.807, 2.05) is 34.9 Å². The SMILES string of the molecule is CCOC(=O)c1ncn2c1CN(Cc1ccc(OC)cc1OC)C(=O)c1cc(C(C)C)ccc1-2.C[Si](C)(C)N[Si](C)(C)C. The molecule has 1 aliphatic rings. The number of nitrogens with zero attached hydrogens (tertiary/aromatic N) is 3. The van der Waals surface area contributed by atoms with Crippen LogP contribution in [0.2, 0.25) is 39.3 Å². The molecule has 9 nitrogen and oxygen atoms in total. The number of amides is 1. The van der Waals surface area contributed by atoms with Crippen LogP contribution in [-0.2, 0) is 17.8 Å². The Kier molecular flexibility index (Phi) is 11.0. The topological polar surface area (TPSA) is 94.9 Å². The zero-order valence-corrected chi connectivity index (χ0v) is 29.6. The normalized spacial score (nSPS) is 13.0. The lowest BCUT2D eigenvalue weighted by Crippen LogP contribution is -2.55. The van der Waals surface area contributed by atoms with Crippen LogP contribution >= 0.6 is 0 Å². The lowest BCUT2D eigenvalue weighted by atomic mass is 9.99. The highest BCUT2D eigenvalue weighted by atomic mass is 28.4. The molecule has 1 aliphatic heterocycles. The lowest BCUT2D eigenvalue weighted by molar-refractivity contribution is 0.0514.